The molecule has 2 aromatic heterocycles. The Morgan fingerprint density at radius 2 is 2.00 bits per heavy atom. The summed E-state index contributed by atoms with van der Waals surface area (Å²) in [7, 11) is 0. The van der Waals surface area contributed by atoms with Gasteiger partial charge in [0.15, 0.2) is 0 Å². The second-order valence-electron chi connectivity index (χ2n) is 5.75. The number of halogens is 1. The van der Waals surface area contributed by atoms with E-state index in [0.717, 1.165) is 27.6 Å². The highest BCUT2D eigenvalue weighted by Crippen LogP contribution is 2.41. The third-order valence-electron chi connectivity index (χ3n) is 4.33. The van der Waals surface area contributed by atoms with Crippen LogP contribution in [0.2, 0.25) is 0 Å². The number of thiophene rings is 1. The monoisotopic (exact) mass is 339 g/mol. The Bertz CT molecular complexity index is 1090. The molecule has 0 unspecified atom stereocenters. The summed E-state index contributed by atoms with van der Waals surface area (Å²) in [6.07, 6.45) is 0. The number of rotatable bonds is 3. The summed E-state index contributed by atoms with van der Waals surface area (Å²) in [6.45, 7) is 1.70. The molecule has 2 heterocycles. The first kappa shape index (κ1) is 14.9. The van der Waals surface area contributed by atoms with Gasteiger partial charge in [0.05, 0.1) is 5.52 Å². The molecule has 0 fully saturated rings. The number of carboxylic acid groups (broad SMARTS) is 1. The summed E-state index contributed by atoms with van der Waals surface area (Å²) < 4.78 is 16.6. The summed E-state index contributed by atoms with van der Waals surface area (Å²) in [5, 5.41) is 13.3. The Labute approximate surface area is 141 Å². The number of benzene rings is 2. The molecule has 0 bridgehead atoms. The maximum atomic E-state index is 13.7. The van der Waals surface area contributed by atoms with Crippen molar-refractivity contribution in [3.63, 3.8) is 0 Å². The van der Waals surface area contributed by atoms with Crippen LogP contribution in [0.15, 0.2) is 47.8 Å². The van der Waals surface area contributed by atoms with Gasteiger partial charge in [-0.25, -0.2) is 4.39 Å². The minimum absolute atomic E-state index is 0.187. The average molecular weight is 339 g/mol. The van der Waals surface area contributed by atoms with E-state index in [1.165, 1.54) is 16.8 Å². The highest BCUT2D eigenvalue weighted by Gasteiger charge is 2.19. The summed E-state index contributed by atoms with van der Waals surface area (Å²) in [4.78, 5) is 11.2. The van der Waals surface area contributed by atoms with E-state index in [-0.39, 0.29) is 12.4 Å². The fourth-order valence-corrected chi connectivity index (χ4v) is 4.25. The number of carboxylic acids is 1. The molecule has 0 atom stereocenters. The van der Waals surface area contributed by atoms with Crippen LogP contribution in [-0.2, 0) is 11.3 Å². The number of nitrogens with zero attached hydrogens (tertiary/aromatic N) is 1. The van der Waals surface area contributed by atoms with Crippen molar-refractivity contribution in [3.05, 3.63) is 59.4 Å². The number of fused-ring (bicyclic) bond motifs is 2. The molecule has 0 radical (unpaired) electrons. The maximum Gasteiger partial charge on any atom is 0.323 e. The van der Waals surface area contributed by atoms with Crippen LogP contribution in [0.25, 0.3) is 32.1 Å². The smallest absolute Gasteiger partial charge is 0.323 e. The largest absolute Gasteiger partial charge is 0.480 e. The highest BCUT2D eigenvalue weighted by molar-refractivity contribution is 7.17. The average Bonchev–Trinajstić information content (AvgIpc) is 3.07. The van der Waals surface area contributed by atoms with E-state index < -0.39 is 5.97 Å². The van der Waals surface area contributed by atoms with Gasteiger partial charge >= 0.3 is 5.97 Å². The molecule has 0 spiro atoms. The van der Waals surface area contributed by atoms with Crippen molar-refractivity contribution in [3.8, 4) is 11.1 Å². The van der Waals surface area contributed by atoms with E-state index in [2.05, 4.69) is 17.5 Å². The van der Waals surface area contributed by atoms with Crippen molar-refractivity contribution in [1.29, 1.82) is 0 Å². The number of hydrogen-bond acceptors (Lipinski definition) is 2. The molecule has 0 aliphatic heterocycles. The fourth-order valence-electron chi connectivity index (χ4n) is 3.30. The predicted octanol–water partition coefficient (Wildman–Crippen LogP) is 5.06. The molecule has 0 saturated carbocycles. The summed E-state index contributed by atoms with van der Waals surface area (Å²) in [5.74, 6) is -1.31. The number of aromatic nitrogens is 1. The van der Waals surface area contributed by atoms with Gasteiger partial charge in [-0.2, -0.15) is 0 Å². The van der Waals surface area contributed by atoms with Gasteiger partial charge in [0, 0.05) is 32.3 Å². The zero-order valence-electron chi connectivity index (χ0n) is 12.9. The van der Waals surface area contributed by atoms with E-state index >= 15 is 0 Å². The molecule has 5 heteroatoms. The first-order valence-electron chi connectivity index (χ1n) is 7.53. The topological polar surface area (TPSA) is 42.2 Å². The Morgan fingerprint density at radius 1 is 1.21 bits per heavy atom. The van der Waals surface area contributed by atoms with Crippen LogP contribution in [-0.4, -0.2) is 15.6 Å². The Kier molecular flexibility index (Phi) is 3.39. The molecular weight excluding hydrogens is 325 g/mol. The van der Waals surface area contributed by atoms with Crippen LogP contribution >= 0.6 is 11.3 Å². The van der Waals surface area contributed by atoms with Gasteiger partial charge in [0.1, 0.15) is 12.4 Å². The molecule has 4 rings (SSSR count). The molecule has 0 aliphatic rings. The van der Waals surface area contributed by atoms with Gasteiger partial charge in [0.2, 0.25) is 0 Å². The third kappa shape index (κ3) is 2.20. The van der Waals surface area contributed by atoms with Crippen LogP contribution in [0.1, 0.15) is 5.69 Å². The first-order valence-corrected chi connectivity index (χ1v) is 8.41. The normalized spacial score (nSPS) is 11.4. The zero-order valence-corrected chi connectivity index (χ0v) is 13.7. The molecule has 4 aromatic rings. The van der Waals surface area contributed by atoms with E-state index in [1.807, 2.05) is 19.1 Å². The molecule has 0 amide bonds. The van der Waals surface area contributed by atoms with Crippen molar-refractivity contribution in [2.45, 2.75) is 13.5 Å². The molecule has 120 valence electrons. The highest BCUT2D eigenvalue weighted by atomic mass is 32.1. The van der Waals surface area contributed by atoms with Crippen molar-refractivity contribution in [1.82, 2.24) is 4.57 Å². The second kappa shape index (κ2) is 5.46. The predicted molar refractivity (Wildman–Crippen MR) is 95.1 cm³/mol. The van der Waals surface area contributed by atoms with Crippen molar-refractivity contribution in [2.75, 3.05) is 0 Å². The number of carbonyl (C=O) groups is 1. The van der Waals surface area contributed by atoms with Crippen LogP contribution in [0.3, 0.4) is 0 Å². The maximum absolute atomic E-state index is 13.7. The minimum atomic E-state index is -0.944. The van der Waals surface area contributed by atoms with Crippen molar-refractivity contribution >= 4 is 38.3 Å². The van der Waals surface area contributed by atoms with Crippen molar-refractivity contribution < 1.29 is 14.3 Å². The van der Waals surface area contributed by atoms with E-state index in [1.54, 1.807) is 22.0 Å². The summed E-state index contributed by atoms with van der Waals surface area (Å²) in [6, 6.07) is 12.7. The van der Waals surface area contributed by atoms with Gasteiger partial charge in [-0.1, -0.05) is 18.2 Å². The molecule has 2 aromatic carbocycles. The lowest BCUT2D eigenvalue weighted by atomic mass is 10.0. The fraction of sp³-hybridized carbons (Fsp3) is 0.105. The molecule has 1 N–H and O–H groups in total. The standard InChI is InChI=1S/C19H14FNO2S/c1-11-19(15-10-24-17-5-3-2-4-13(15)17)14-7-6-12(20)8-16(14)21(11)9-18(22)23/h2-8,10H,9H2,1H3,(H,22,23). The van der Waals surface area contributed by atoms with Crippen LogP contribution < -0.4 is 0 Å². The van der Waals surface area contributed by atoms with Crippen LogP contribution in [0, 0.1) is 12.7 Å². The second-order valence-corrected chi connectivity index (χ2v) is 6.66. The number of hydrogen-bond donors (Lipinski definition) is 1. The summed E-state index contributed by atoms with van der Waals surface area (Å²) >= 11 is 1.65. The van der Waals surface area contributed by atoms with Crippen molar-refractivity contribution in [2.24, 2.45) is 0 Å². The van der Waals surface area contributed by atoms with Crippen LogP contribution in [0.4, 0.5) is 4.39 Å². The molecule has 3 nitrogen and oxygen atoms in total. The Hall–Kier alpha value is -2.66. The number of aliphatic carboxylic acids is 1. The van der Waals surface area contributed by atoms with Gasteiger partial charge in [-0.15, -0.1) is 11.3 Å². The first-order chi connectivity index (χ1) is 11.6. The molecule has 24 heavy (non-hydrogen) atoms. The van der Waals surface area contributed by atoms with Gasteiger partial charge < -0.3 is 9.67 Å². The van der Waals surface area contributed by atoms with E-state index in [0.29, 0.717) is 5.52 Å². The quantitative estimate of drug-likeness (QED) is 0.567. The Morgan fingerprint density at radius 3 is 2.79 bits per heavy atom. The SMILES string of the molecule is Cc1c(-c2csc3ccccc23)c2ccc(F)cc2n1CC(=O)O. The summed E-state index contributed by atoms with van der Waals surface area (Å²) in [5.41, 5.74) is 3.49. The molecule has 0 aliphatic carbocycles. The lowest BCUT2D eigenvalue weighted by molar-refractivity contribution is -0.137. The lowest BCUT2D eigenvalue weighted by Gasteiger charge is -2.05. The van der Waals surface area contributed by atoms with Crippen LogP contribution in [0.5, 0.6) is 0 Å². The van der Waals surface area contributed by atoms with E-state index in [9.17, 15) is 14.3 Å². The lowest BCUT2D eigenvalue weighted by Crippen LogP contribution is -2.10. The zero-order chi connectivity index (χ0) is 16.8. The van der Waals surface area contributed by atoms with E-state index in [4.69, 9.17) is 0 Å². The van der Waals surface area contributed by atoms with Gasteiger partial charge in [-0.05, 0) is 36.6 Å². The minimum Gasteiger partial charge on any atom is -0.480 e. The molecule has 0 saturated heterocycles. The third-order valence-corrected chi connectivity index (χ3v) is 5.29. The van der Waals surface area contributed by atoms with Gasteiger partial charge in [-0.3, -0.25) is 4.79 Å². The van der Waals surface area contributed by atoms with Gasteiger partial charge in [0.25, 0.3) is 0 Å². The Balaban J connectivity index is 2.08. The molecular formula is C19H14FNO2S.